The molecule has 0 bridgehead atoms. The third kappa shape index (κ3) is 1.64. The quantitative estimate of drug-likeness (QED) is 0.701. The summed E-state index contributed by atoms with van der Waals surface area (Å²) in [5.74, 6) is 0. The molecule has 0 spiro atoms. The summed E-state index contributed by atoms with van der Waals surface area (Å²) >= 11 is 0. The first kappa shape index (κ1) is 7.73. The van der Waals surface area contributed by atoms with Gasteiger partial charge in [-0.1, -0.05) is 24.3 Å². The van der Waals surface area contributed by atoms with E-state index in [9.17, 15) is 4.79 Å². The highest BCUT2D eigenvalue weighted by Gasteiger charge is 1.96. The van der Waals surface area contributed by atoms with Crippen LogP contribution in [0.3, 0.4) is 0 Å². The smallest absolute Gasteiger partial charge is 0.264 e. The maximum Gasteiger partial charge on any atom is 0.264 e. The van der Waals surface area contributed by atoms with Gasteiger partial charge >= 0.3 is 0 Å². The van der Waals surface area contributed by atoms with E-state index in [0.717, 1.165) is 11.3 Å². The first-order valence-electron chi connectivity index (χ1n) is 3.88. The second-order valence-corrected chi connectivity index (χ2v) is 2.60. The number of hydrogen-bond donors (Lipinski definition) is 1. The molecule has 2 aromatic rings. The van der Waals surface area contributed by atoms with Gasteiger partial charge in [0.15, 0.2) is 0 Å². The first-order chi connectivity index (χ1) is 6.36. The Bertz CT molecular complexity index is 427. The van der Waals surface area contributed by atoms with Gasteiger partial charge in [0.2, 0.25) is 0 Å². The van der Waals surface area contributed by atoms with Crippen LogP contribution in [0.2, 0.25) is 0 Å². The van der Waals surface area contributed by atoms with E-state index in [-0.39, 0.29) is 5.56 Å². The standard InChI is InChI=1S/C10H7N2O/c13-10-7-6-9(11-12-10)8-4-2-1-3-5-8/h2-7H,(H,12,13). The van der Waals surface area contributed by atoms with Crippen LogP contribution in [0.1, 0.15) is 0 Å². The van der Waals surface area contributed by atoms with Gasteiger partial charge in [-0.15, -0.1) is 0 Å². The van der Waals surface area contributed by atoms with Crippen molar-refractivity contribution in [2.75, 3.05) is 0 Å². The maximum atomic E-state index is 10.7. The summed E-state index contributed by atoms with van der Waals surface area (Å²) in [7, 11) is 0. The number of nitrogens with zero attached hydrogens (tertiary/aromatic N) is 1. The second-order valence-electron chi connectivity index (χ2n) is 2.60. The van der Waals surface area contributed by atoms with Gasteiger partial charge in [0, 0.05) is 11.6 Å². The van der Waals surface area contributed by atoms with Crippen LogP contribution in [-0.2, 0) is 0 Å². The van der Waals surface area contributed by atoms with Crippen molar-refractivity contribution in [1.29, 1.82) is 0 Å². The Morgan fingerprint density at radius 2 is 1.92 bits per heavy atom. The Kier molecular flexibility index (Phi) is 1.92. The van der Waals surface area contributed by atoms with Crippen LogP contribution in [0.25, 0.3) is 11.3 Å². The third-order valence-corrected chi connectivity index (χ3v) is 1.69. The van der Waals surface area contributed by atoms with Crippen molar-refractivity contribution in [3.05, 3.63) is 52.8 Å². The van der Waals surface area contributed by atoms with Gasteiger partial charge in [-0.05, 0) is 12.1 Å². The predicted octanol–water partition coefficient (Wildman–Crippen LogP) is 1.24. The summed E-state index contributed by atoms with van der Waals surface area (Å²) in [5, 5.41) is 6.28. The molecular weight excluding hydrogens is 164 g/mol. The summed E-state index contributed by atoms with van der Waals surface area (Å²) < 4.78 is 0. The number of aromatic nitrogens is 2. The molecular formula is C10H7N2O. The number of benzene rings is 1. The van der Waals surface area contributed by atoms with Crippen LogP contribution in [0.4, 0.5) is 0 Å². The molecule has 0 aliphatic carbocycles. The summed E-state index contributed by atoms with van der Waals surface area (Å²) in [4.78, 5) is 10.7. The van der Waals surface area contributed by atoms with Crippen molar-refractivity contribution < 1.29 is 0 Å². The van der Waals surface area contributed by atoms with E-state index in [2.05, 4.69) is 16.3 Å². The van der Waals surface area contributed by atoms with E-state index < -0.39 is 0 Å². The van der Waals surface area contributed by atoms with Crippen molar-refractivity contribution >= 4 is 0 Å². The zero-order valence-electron chi connectivity index (χ0n) is 6.82. The molecule has 2 rings (SSSR count). The fourth-order valence-electron chi connectivity index (χ4n) is 1.06. The molecule has 0 saturated carbocycles. The van der Waals surface area contributed by atoms with Crippen LogP contribution >= 0.6 is 0 Å². The normalized spacial score (nSPS) is 9.85. The first-order valence-corrected chi connectivity index (χ1v) is 3.88. The predicted molar refractivity (Wildman–Crippen MR) is 49.1 cm³/mol. The number of H-pyrrole nitrogens is 1. The topological polar surface area (TPSA) is 45.8 Å². The number of hydrogen-bond acceptors (Lipinski definition) is 2. The molecule has 63 valence electrons. The third-order valence-electron chi connectivity index (χ3n) is 1.69. The molecule has 13 heavy (non-hydrogen) atoms. The van der Waals surface area contributed by atoms with Gasteiger partial charge in [0.25, 0.3) is 5.56 Å². The van der Waals surface area contributed by atoms with Crippen LogP contribution in [-0.4, -0.2) is 10.2 Å². The molecule has 0 atom stereocenters. The SMILES string of the molecule is O=c1ccc(-c2cc[c]cc2)n[nH]1. The van der Waals surface area contributed by atoms with Crippen LogP contribution < -0.4 is 5.56 Å². The van der Waals surface area contributed by atoms with Crippen molar-refractivity contribution in [3.63, 3.8) is 0 Å². The highest BCUT2D eigenvalue weighted by molar-refractivity contribution is 5.57. The van der Waals surface area contributed by atoms with Gasteiger partial charge in [0.1, 0.15) is 0 Å². The molecule has 0 saturated heterocycles. The molecule has 0 fully saturated rings. The lowest BCUT2D eigenvalue weighted by atomic mass is 10.1. The minimum Gasteiger partial charge on any atom is -0.268 e. The van der Waals surface area contributed by atoms with Crippen molar-refractivity contribution in [1.82, 2.24) is 10.2 Å². The summed E-state index contributed by atoms with van der Waals surface area (Å²) in [6.07, 6.45) is 0. The Labute approximate surface area is 75.1 Å². The van der Waals surface area contributed by atoms with Crippen LogP contribution in [0.15, 0.2) is 41.2 Å². The minimum absolute atomic E-state index is 0.189. The van der Waals surface area contributed by atoms with Crippen molar-refractivity contribution in [2.45, 2.75) is 0 Å². The molecule has 0 unspecified atom stereocenters. The van der Waals surface area contributed by atoms with Gasteiger partial charge in [-0.3, -0.25) is 4.79 Å². The lowest BCUT2D eigenvalue weighted by Gasteiger charge is -1.96. The Hall–Kier alpha value is -1.90. The molecule has 0 amide bonds. The van der Waals surface area contributed by atoms with E-state index in [1.807, 2.05) is 24.3 Å². The van der Waals surface area contributed by atoms with Gasteiger partial charge in [-0.2, -0.15) is 5.10 Å². The number of nitrogens with one attached hydrogen (secondary N) is 1. The highest BCUT2D eigenvalue weighted by atomic mass is 16.1. The van der Waals surface area contributed by atoms with Crippen LogP contribution in [0.5, 0.6) is 0 Å². The highest BCUT2D eigenvalue weighted by Crippen LogP contribution is 2.12. The van der Waals surface area contributed by atoms with Crippen LogP contribution in [0, 0.1) is 6.07 Å². The zero-order chi connectivity index (χ0) is 9.10. The Morgan fingerprint density at radius 3 is 2.54 bits per heavy atom. The fraction of sp³-hybridized carbons (Fsp3) is 0. The number of aromatic amines is 1. The largest absolute Gasteiger partial charge is 0.268 e. The molecule has 0 aliphatic rings. The fourth-order valence-corrected chi connectivity index (χ4v) is 1.06. The maximum absolute atomic E-state index is 10.7. The molecule has 1 heterocycles. The number of rotatable bonds is 1. The van der Waals surface area contributed by atoms with E-state index in [1.165, 1.54) is 6.07 Å². The van der Waals surface area contributed by atoms with Gasteiger partial charge in [0.05, 0.1) is 5.69 Å². The lowest BCUT2D eigenvalue weighted by molar-refractivity contribution is 0.995. The molecule has 3 heteroatoms. The molecule has 1 radical (unpaired) electrons. The van der Waals surface area contributed by atoms with E-state index in [0.29, 0.717) is 0 Å². The molecule has 0 aliphatic heterocycles. The minimum atomic E-state index is -0.189. The molecule has 1 aromatic carbocycles. The molecule has 1 aromatic heterocycles. The van der Waals surface area contributed by atoms with Gasteiger partial charge in [-0.25, -0.2) is 5.10 Å². The molecule has 1 N–H and O–H groups in total. The van der Waals surface area contributed by atoms with E-state index in [4.69, 9.17) is 0 Å². The second kappa shape index (κ2) is 3.23. The summed E-state index contributed by atoms with van der Waals surface area (Å²) in [5.41, 5.74) is 1.54. The van der Waals surface area contributed by atoms with E-state index >= 15 is 0 Å². The van der Waals surface area contributed by atoms with Crippen molar-refractivity contribution in [2.24, 2.45) is 0 Å². The van der Waals surface area contributed by atoms with E-state index in [1.54, 1.807) is 6.07 Å². The average molecular weight is 171 g/mol. The Balaban J connectivity index is 2.48. The lowest BCUT2D eigenvalue weighted by Crippen LogP contribution is -2.05. The zero-order valence-corrected chi connectivity index (χ0v) is 6.82. The summed E-state index contributed by atoms with van der Waals surface area (Å²) in [6.45, 7) is 0. The average Bonchev–Trinajstić information content (AvgIpc) is 2.20. The van der Waals surface area contributed by atoms with Crippen molar-refractivity contribution in [3.8, 4) is 11.3 Å². The summed E-state index contributed by atoms with van der Waals surface area (Å²) in [6, 6.07) is 13.5. The monoisotopic (exact) mass is 171 g/mol. The van der Waals surface area contributed by atoms with Gasteiger partial charge < -0.3 is 0 Å². The molecule has 3 nitrogen and oxygen atoms in total. The Morgan fingerprint density at radius 1 is 1.15 bits per heavy atom.